The first-order valence-electron chi connectivity index (χ1n) is 6.25. The van der Waals surface area contributed by atoms with Gasteiger partial charge in [0, 0.05) is 11.8 Å². The van der Waals surface area contributed by atoms with Crippen LogP contribution in [-0.4, -0.2) is 25.7 Å². The Morgan fingerprint density at radius 1 is 1.04 bits per heavy atom. The van der Waals surface area contributed by atoms with Crippen molar-refractivity contribution < 1.29 is 31.5 Å². The van der Waals surface area contributed by atoms with Crippen LogP contribution in [0.1, 0.15) is 15.9 Å². The van der Waals surface area contributed by atoms with Crippen LogP contribution in [0.2, 0.25) is 0 Å². The molecule has 0 radical (unpaired) electrons. The van der Waals surface area contributed by atoms with Gasteiger partial charge in [0.05, 0.1) is 16.0 Å². The zero-order chi connectivity index (χ0) is 17.4. The van der Waals surface area contributed by atoms with Crippen LogP contribution in [-0.2, 0) is 16.0 Å². The highest BCUT2D eigenvalue weighted by molar-refractivity contribution is 7.90. The van der Waals surface area contributed by atoms with Crippen LogP contribution in [0.15, 0.2) is 47.4 Å². The molecule has 1 N–H and O–H groups in total. The van der Waals surface area contributed by atoms with Gasteiger partial charge in [-0.05, 0) is 35.9 Å². The van der Waals surface area contributed by atoms with E-state index in [-0.39, 0.29) is 21.6 Å². The molecular weight excluding hydrogens is 333 g/mol. The fraction of sp³-hybridized carbons (Fsp3) is 0.133. The molecule has 4 nitrogen and oxygen atoms in total. The van der Waals surface area contributed by atoms with Gasteiger partial charge in [-0.1, -0.05) is 12.1 Å². The van der Waals surface area contributed by atoms with Crippen molar-refractivity contribution in [2.24, 2.45) is 0 Å². The minimum absolute atomic E-state index is 0.0427. The van der Waals surface area contributed by atoms with Gasteiger partial charge in [0.25, 0.3) is 0 Å². The SMILES string of the molecule is CS(=O)(=O)c1ccc(C(=O)O)cc1-c1ccc(C(F)(F)F)cc1. The molecular formula is C15H11F3O4S. The number of hydrogen-bond acceptors (Lipinski definition) is 3. The highest BCUT2D eigenvalue weighted by Gasteiger charge is 2.30. The Morgan fingerprint density at radius 2 is 1.61 bits per heavy atom. The number of halogens is 3. The molecule has 0 atom stereocenters. The van der Waals surface area contributed by atoms with Crippen molar-refractivity contribution in [2.45, 2.75) is 11.1 Å². The maximum Gasteiger partial charge on any atom is 0.416 e. The molecule has 0 aliphatic heterocycles. The van der Waals surface area contributed by atoms with Crippen LogP contribution in [0.3, 0.4) is 0 Å². The Kier molecular flexibility index (Phi) is 4.21. The van der Waals surface area contributed by atoms with Gasteiger partial charge in [-0.2, -0.15) is 13.2 Å². The maximum absolute atomic E-state index is 12.6. The largest absolute Gasteiger partial charge is 0.478 e. The number of alkyl halides is 3. The lowest BCUT2D eigenvalue weighted by molar-refractivity contribution is -0.137. The molecule has 0 bridgehead atoms. The van der Waals surface area contributed by atoms with E-state index in [1.165, 1.54) is 0 Å². The predicted molar refractivity (Wildman–Crippen MR) is 76.9 cm³/mol. The lowest BCUT2D eigenvalue weighted by atomic mass is 10.0. The number of hydrogen-bond donors (Lipinski definition) is 1. The third-order valence-corrected chi connectivity index (χ3v) is 4.30. The second-order valence-corrected chi connectivity index (χ2v) is 6.85. The fourth-order valence-corrected chi connectivity index (χ4v) is 2.94. The van der Waals surface area contributed by atoms with Gasteiger partial charge in [0.15, 0.2) is 9.84 Å². The molecule has 0 aliphatic rings. The van der Waals surface area contributed by atoms with Crippen LogP contribution >= 0.6 is 0 Å². The van der Waals surface area contributed by atoms with Crippen molar-refractivity contribution in [1.82, 2.24) is 0 Å². The van der Waals surface area contributed by atoms with Crippen molar-refractivity contribution >= 4 is 15.8 Å². The molecule has 2 aromatic carbocycles. The number of carboxylic acids is 1. The normalized spacial score (nSPS) is 12.2. The molecule has 8 heteroatoms. The molecule has 0 aromatic heterocycles. The minimum Gasteiger partial charge on any atom is -0.478 e. The van der Waals surface area contributed by atoms with Gasteiger partial charge < -0.3 is 5.11 Å². The summed E-state index contributed by atoms with van der Waals surface area (Å²) in [5.41, 5.74) is -0.813. The molecule has 0 unspecified atom stereocenters. The number of rotatable bonds is 3. The van der Waals surface area contributed by atoms with Crippen LogP contribution in [0, 0.1) is 0 Å². The first kappa shape index (κ1) is 17.0. The number of benzene rings is 2. The summed E-state index contributed by atoms with van der Waals surface area (Å²) in [7, 11) is -3.68. The van der Waals surface area contributed by atoms with Gasteiger partial charge in [-0.15, -0.1) is 0 Å². The van der Waals surface area contributed by atoms with Crippen molar-refractivity contribution in [3.63, 3.8) is 0 Å². The Balaban J connectivity index is 2.65. The van der Waals surface area contributed by atoms with E-state index in [2.05, 4.69) is 0 Å². The fourth-order valence-electron chi connectivity index (χ4n) is 2.05. The summed E-state index contributed by atoms with van der Waals surface area (Å²) < 4.78 is 61.4. The molecule has 2 rings (SSSR count). The Hall–Kier alpha value is -2.35. The van der Waals surface area contributed by atoms with E-state index >= 15 is 0 Å². The monoisotopic (exact) mass is 344 g/mol. The lowest BCUT2D eigenvalue weighted by Gasteiger charge is -2.11. The summed E-state index contributed by atoms with van der Waals surface area (Å²) in [6, 6.07) is 7.24. The van der Waals surface area contributed by atoms with Crippen molar-refractivity contribution in [2.75, 3.05) is 6.26 Å². The minimum atomic E-state index is -4.51. The maximum atomic E-state index is 12.6. The molecule has 0 amide bonds. The zero-order valence-corrected chi connectivity index (χ0v) is 12.6. The molecule has 0 aliphatic carbocycles. The first-order valence-corrected chi connectivity index (χ1v) is 8.14. The second-order valence-electron chi connectivity index (χ2n) is 4.86. The van der Waals surface area contributed by atoms with Gasteiger partial charge in [0.2, 0.25) is 0 Å². The Morgan fingerprint density at radius 3 is 2.04 bits per heavy atom. The number of carbonyl (C=O) groups is 1. The standard InChI is InChI=1S/C15H11F3O4S/c1-23(21,22)13-7-4-10(14(19)20)8-12(13)9-2-5-11(6-3-9)15(16,17)18/h2-8H,1H3,(H,19,20). The molecule has 2 aromatic rings. The molecule has 0 saturated heterocycles. The number of sulfone groups is 1. The molecule has 0 saturated carbocycles. The molecule has 122 valence electrons. The smallest absolute Gasteiger partial charge is 0.416 e. The molecule has 0 spiro atoms. The summed E-state index contributed by atoms with van der Waals surface area (Å²) in [6.07, 6.45) is -3.57. The number of aromatic carboxylic acids is 1. The quantitative estimate of drug-likeness (QED) is 0.925. The van der Waals surface area contributed by atoms with Gasteiger partial charge in [-0.25, -0.2) is 13.2 Å². The van der Waals surface area contributed by atoms with E-state index in [4.69, 9.17) is 5.11 Å². The highest BCUT2D eigenvalue weighted by Crippen LogP contribution is 2.33. The van der Waals surface area contributed by atoms with Crippen LogP contribution in [0.25, 0.3) is 11.1 Å². The summed E-state index contributed by atoms with van der Waals surface area (Å²) >= 11 is 0. The Labute approximate surface area is 130 Å². The lowest BCUT2D eigenvalue weighted by Crippen LogP contribution is -2.05. The van der Waals surface area contributed by atoms with Crippen molar-refractivity contribution in [1.29, 1.82) is 0 Å². The van der Waals surface area contributed by atoms with E-state index in [0.29, 0.717) is 0 Å². The second kappa shape index (κ2) is 5.69. The third-order valence-electron chi connectivity index (χ3n) is 3.15. The average molecular weight is 344 g/mol. The zero-order valence-electron chi connectivity index (χ0n) is 11.8. The van der Waals surface area contributed by atoms with Crippen molar-refractivity contribution in [3.8, 4) is 11.1 Å². The average Bonchev–Trinajstić information content (AvgIpc) is 2.45. The predicted octanol–water partition coefficient (Wildman–Crippen LogP) is 3.47. The molecule has 23 heavy (non-hydrogen) atoms. The molecule has 0 fully saturated rings. The van der Waals surface area contributed by atoms with Gasteiger partial charge >= 0.3 is 12.1 Å². The van der Waals surface area contributed by atoms with E-state index in [1.54, 1.807) is 0 Å². The van der Waals surface area contributed by atoms with E-state index in [0.717, 1.165) is 48.7 Å². The van der Waals surface area contributed by atoms with Gasteiger partial charge in [0.1, 0.15) is 0 Å². The highest BCUT2D eigenvalue weighted by atomic mass is 32.2. The van der Waals surface area contributed by atoms with Crippen molar-refractivity contribution in [3.05, 3.63) is 53.6 Å². The topological polar surface area (TPSA) is 71.4 Å². The summed E-state index contributed by atoms with van der Waals surface area (Å²) in [4.78, 5) is 10.9. The summed E-state index contributed by atoms with van der Waals surface area (Å²) in [6.45, 7) is 0. The van der Waals surface area contributed by atoms with E-state index in [1.807, 2.05) is 0 Å². The van der Waals surface area contributed by atoms with Crippen LogP contribution in [0.5, 0.6) is 0 Å². The number of carboxylic acid groups (broad SMARTS) is 1. The summed E-state index contributed by atoms with van der Waals surface area (Å²) in [5.74, 6) is -1.27. The van der Waals surface area contributed by atoms with E-state index in [9.17, 15) is 26.4 Å². The molecule has 0 heterocycles. The van der Waals surface area contributed by atoms with Gasteiger partial charge in [-0.3, -0.25) is 0 Å². The third kappa shape index (κ3) is 3.70. The Bertz CT molecular complexity index is 853. The first-order chi connectivity index (χ1) is 10.5. The van der Waals surface area contributed by atoms with Crippen LogP contribution < -0.4 is 0 Å². The summed E-state index contributed by atoms with van der Waals surface area (Å²) in [5, 5.41) is 9.00. The van der Waals surface area contributed by atoms with E-state index < -0.39 is 27.5 Å². The van der Waals surface area contributed by atoms with Crippen LogP contribution in [0.4, 0.5) is 13.2 Å².